The van der Waals surface area contributed by atoms with E-state index < -0.39 is 10.8 Å². The topological polar surface area (TPSA) is 112 Å². The van der Waals surface area contributed by atoms with Crippen LogP contribution in [0.3, 0.4) is 0 Å². The van der Waals surface area contributed by atoms with Gasteiger partial charge in [0, 0.05) is 37.5 Å². The summed E-state index contributed by atoms with van der Waals surface area (Å²) in [6.07, 6.45) is 2.73. The molecule has 0 fully saturated rings. The first-order chi connectivity index (χ1) is 12.9. The van der Waals surface area contributed by atoms with Gasteiger partial charge in [0.15, 0.2) is 0 Å². The number of anilines is 1. The molecule has 1 N–H and O–H groups in total. The second-order valence-electron chi connectivity index (χ2n) is 5.71. The second-order valence-corrected chi connectivity index (χ2v) is 5.71. The Morgan fingerprint density at radius 2 is 1.93 bits per heavy atom. The third-order valence-corrected chi connectivity index (χ3v) is 3.55. The Kier molecular flexibility index (Phi) is 6.39. The molecule has 2 aromatic carbocycles. The van der Waals surface area contributed by atoms with Crippen LogP contribution < -0.4 is 10.3 Å². The van der Waals surface area contributed by atoms with Crippen molar-refractivity contribution in [2.75, 3.05) is 19.0 Å². The van der Waals surface area contributed by atoms with Gasteiger partial charge in [-0.2, -0.15) is 10.4 Å². The number of nitrogens with zero attached hydrogens (tertiary/aromatic N) is 4. The Morgan fingerprint density at radius 3 is 2.52 bits per heavy atom. The van der Waals surface area contributed by atoms with Crippen molar-refractivity contribution in [1.29, 1.82) is 5.26 Å². The first kappa shape index (κ1) is 19.3. The fourth-order valence-corrected chi connectivity index (χ4v) is 2.13. The molecule has 0 aliphatic rings. The molecule has 2 rings (SSSR count). The summed E-state index contributed by atoms with van der Waals surface area (Å²) in [6, 6.07) is 15.0. The average Bonchev–Trinajstić information content (AvgIpc) is 2.66. The van der Waals surface area contributed by atoms with Crippen LogP contribution in [0.5, 0.6) is 0 Å². The lowest BCUT2D eigenvalue weighted by atomic mass is 10.1. The monoisotopic (exact) mass is 363 g/mol. The Labute approximate surface area is 156 Å². The maximum absolute atomic E-state index is 12.1. The number of nitriles is 1. The van der Waals surface area contributed by atoms with Gasteiger partial charge in [-0.05, 0) is 23.8 Å². The second kappa shape index (κ2) is 8.92. The van der Waals surface area contributed by atoms with Gasteiger partial charge in [0.05, 0.1) is 11.1 Å². The number of nitrogens with one attached hydrogen (secondary N) is 1. The maximum atomic E-state index is 12.1. The van der Waals surface area contributed by atoms with E-state index in [0.717, 1.165) is 5.69 Å². The summed E-state index contributed by atoms with van der Waals surface area (Å²) in [5.41, 5.74) is 4.21. The molecule has 0 heterocycles. The summed E-state index contributed by atoms with van der Waals surface area (Å²) in [6.45, 7) is 0. The fourth-order valence-electron chi connectivity index (χ4n) is 2.13. The Balaban J connectivity index is 2.07. The van der Waals surface area contributed by atoms with E-state index in [2.05, 4.69) is 10.5 Å². The van der Waals surface area contributed by atoms with Crippen LogP contribution in [-0.2, 0) is 4.79 Å². The molecule has 1 amide bonds. The maximum Gasteiger partial charge on any atom is 0.282 e. The van der Waals surface area contributed by atoms with E-state index in [9.17, 15) is 20.2 Å². The molecular formula is C19H17N5O3. The van der Waals surface area contributed by atoms with E-state index in [1.165, 1.54) is 30.5 Å². The SMILES string of the molecule is CN(C)c1ccc(C=C(C#N)C(=O)NN=Cc2cccc([N+](=O)[O-])c2)cc1. The van der Waals surface area contributed by atoms with Crippen molar-refractivity contribution >= 4 is 29.6 Å². The molecule has 0 bridgehead atoms. The molecule has 8 nitrogen and oxygen atoms in total. The van der Waals surface area contributed by atoms with Crippen molar-refractivity contribution < 1.29 is 9.72 Å². The van der Waals surface area contributed by atoms with E-state index in [1.54, 1.807) is 18.2 Å². The third-order valence-electron chi connectivity index (χ3n) is 3.55. The van der Waals surface area contributed by atoms with E-state index in [0.29, 0.717) is 11.1 Å². The van der Waals surface area contributed by atoms with Crippen LogP contribution in [0.4, 0.5) is 11.4 Å². The molecule has 0 atom stereocenters. The van der Waals surface area contributed by atoms with Gasteiger partial charge in [-0.25, -0.2) is 5.43 Å². The number of amides is 1. The quantitative estimate of drug-likeness (QED) is 0.279. The summed E-state index contributed by atoms with van der Waals surface area (Å²) < 4.78 is 0. The first-order valence-electron chi connectivity index (χ1n) is 7.88. The van der Waals surface area contributed by atoms with Crippen LogP contribution >= 0.6 is 0 Å². The highest BCUT2D eigenvalue weighted by molar-refractivity contribution is 6.02. The lowest BCUT2D eigenvalue weighted by molar-refractivity contribution is -0.384. The molecule has 0 aromatic heterocycles. The van der Waals surface area contributed by atoms with Crippen LogP contribution in [-0.4, -0.2) is 31.1 Å². The van der Waals surface area contributed by atoms with Crippen LogP contribution in [0.25, 0.3) is 6.08 Å². The van der Waals surface area contributed by atoms with E-state index >= 15 is 0 Å². The highest BCUT2D eigenvalue weighted by Crippen LogP contribution is 2.15. The molecule has 8 heteroatoms. The molecule has 0 saturated heterocycles. The summed E-state index contributed by atoms with van der Waals surface area (Å²) in [7, 11) is 3.83. The van der Waals surface area contributed by atoms with Crippen molar-refractivity contribution in [2.45, 2.75) is 0 Å². The van der Waals surface area contributed by atoms with Crippen molar-refractivity contribution in [3.63, 3.8) is 0 Å². The molecule has 0 spiro atoms. The Morgan fingerprint density at radius 1 is 1.22 bits per heavy atom. The average molecular weight is 363 g/mol. The first-order valence-corrected chi connectivity index (χ1v) is 7.88. The smallest absolute Gasteiger partial charge is 0.282 e. The minimum absolute atomic E-state index is 0.0796. The number of hydrazone groups is 1. The molecule has 0 unspecified atom stereocenters. The Bertz CT molecular complexity index is 941. The lowest BCUT2D eigenvalue weighted by Gasteiger charge is -2.11. The number of nitro groups is 1. The van der Waals surface area contributed by atoms with Gasteiger partial charge in [-0.15, -0.1) is 0 Å². The molecular weight excluding hydrogens is 346 g/mol. The fraction of sp³-hybridized carbons (Fsp3) is 0.105. The number of hydrogen-bond acceptors (Lipinski definition) is 6. The van der Waals surface area contributed by atoms with E-state index in [4.69, 9.17) is 0 Å². The summed E-state index contributed by atoms with van der Waals surface area (Å²) >= 11 is 0. The standard InChI is InChI=1S/C19H17N5O3/c1-23(2)17-8-6-14(7-9-17)10-16(12-20)19(25)22-21-13-15-4-3-5-18(11-15)24(26)27/h3-11,13H,1-2H3,(H,22,25). The number of benzene rings is 2. The van der Waals surface area contributed by atoms with Gasteiger partial charge in [0.25, 0.3) is 11.6 Å². The van der Waals surface area contributed by atoms with Crippen LogP contribution in [0.2, 0.25) is 0 Å². The Hall–Kier alpha value is -3.99. The number of nitro benzene ring substituents is 1. The number of carbonyl (C=O) groups excluding carboxylic acids is 1. The van der Waals surface area contributed by atoms with Crippen molar-refractivity contribution in [2.24, 2.45) is 5.10 Å². The highest BCUT2D eigenvalue weighted by atomic mass is 16.6. The van der Waals surface area contributed by atoms with Crippen LogP contribution in [0.1, 0.15) is 11.1 Å². The van der Waals surface area contributed by atoms with Crippen molar-refractivity contribution in [3.05, 3.63) is 75.3 Å². The third kappa shape index (κ3) is 5.51. The van der Waals surface area contributed by atoms with Crippen LogP contribution in [0.15, 0.2) is 59.2 Å². The van der Waals surface area contributed by atoms with Gasteiger partial charge in [-0.1, -0.05) is 24.3 Å². The van der Waals surface area contributed by atoms with E-state index in [1.807, 2.05) is 37.2 Å². The molecule has 0 aliphatic carbocycles. The molecule has 27 heavy (non-hydrogen) atoms. The van der Waals surface area contributed by atoms with Gasteiger partial charge in [0.1, 0.15) is 11.6 Å². The van der Waals surface area contributed by atoms with E-state index in [-0.39, 0.29) is 11.3 Å². The predicted octanol–water partition coefficient (Wildman–Crippen LogP) is 2.72. The largest absolute Gasteiger partial charge is 0.378 e. The number of carbonyl (C=O) groups is 1. The predicted molar refractivity (Wildman–Crippen MR) is 103 cm³/mol. The molecule has 0 saturated carbocycles. The van der Waals surface area contributed by atoms with Gasteiger partial charge in [0.2, 0.25) is 0 Å². The van der Waals surface area contributed by atoms with Crippen LogP contribution in [0, 0.1) is 21.4 Å². The minimum atomic E-state index is -0.670. The zero-order valence-electron chi connectivity index (χ0n) is 14.8. The van der Waals surface area contributed by atoms with Crippen molar-refractivity contribution in [1.82, 2.24) is 5.43 Å². The zero-order valence-corrected chi connectivity index (χ0v) is 14.8. The summed E-state index contributed by atoms with van der Waals surface area (Å²) in [5.74, 6) is -0.670. The molecule has 0 radical (unpaired) electrons. The molecule has 0 aliphatic heterocycles. The highest BCUT2D eigenvalue weighted by Gasteiger charge is 2.08. The normalized spacial score (nSPS) is 11.1. The minimum Gasteiger partial charge on any atom is -0.378 e. The lowest BCUT2D eigenvalue weighted by Crippen LogP contribution is -2.19. The molecule has 136 valence electrons. The number of non-ortho nitro benzene ring substituents is 1. The number of rotatable bonds is 6. The summed E-state index contributed by atoms with van der Waals surface area (Å²) in [5, 5.41) is 23.7. The summed E-state index contributed by atoms with van der Waals surface area (Å²) in [4.78, 5) is 24.2. The van der Waals surface area contributed by atoms with Gasteiger partial charge in [-0.3, -0.25) is 14.9 Å². The van der Waals surface area contributed by atoms with Gasteiger partial charge < -0.3 is 4.90 Å². The van der Waals surface area contributed by atoms with Gasteiger partial charge >= 0.3 is 0 Å². The molecule has 2 aromatic rings. The number of hydrogen-bond donors (Lipinski definition) is 1. The zero-order chi connectivity index (χ0) is 19.8. The van der Waals surface area contributed by atoms with Crippen molar-refractivity contribution in [3.8, 4) is 6.07 Å².